The minimum Gasteiger partial charge on any atom is -0.353 e. The summed E-state index contributed by atoms with van der Waals surface area (Å²) in [6.07, 6.45) is 6.89. The van der Waals surface area contributed by atoms with Crippen molar-refractivity contribution in [2.75, 3.05) is 13.1 Å². The first-order valence-corrected chi connectivity index (χ1v) is 9.81. The Hall–Kier alpha value is -2.44. The molecule has 27 heavy (non-hydrogen) atoms. The van der Waals surface area contributed by atoms with Gasteiger partial charge in [0.05, 0.1) is 4.92 Å². The second kappa shape index (κ2) is 8.50. The molecule has 3 rings (SSSR count). The van der Waals surface area contributed by atoms with Gasteiger partial charge in [0.2, 0.25) is 5.91 Å². The molecule has 0 unspecified atom stereocenters. The smallest absolute Gasteiger partial charge is 0.273 e. The number of nitrogens with zero attached hydrogens (tertiary/aromatic N) is 2. The van der Waals surface area contributed by atoms with Crippen LogP contribution in [0, 0.1) is 23.0 Å². The van der Waals surface area contributed by atoms with E-state index >= 15 is 0 Å². The Morgan fingerprint density at radius 3 is 2.41 bits per heavy atom. The summed E-state index contributed by atoms with van der Waals surface area (Å²) in [5.41, 5.74) is 0.754. The summed E-state index contributed by atoms with van der Waals surface area (Å²) < 4.78 is 0. The third-order valence-electron chi connectivity index (χ3n) is 5.84. The molecule has 1 saturated carbocycles. The average molecular weight is 373 g/mol. The van der Waals surface area contributed by atoms with Crippen LogP contribution < -0.4 is 5.32 Å². The second-order valence-corrected chi connectivity index (χ2v) is 7.62. The molecule has 0 radical (unpaired) electrons. The molecule has 7 nitrogen and oxygen atoms in total. The highest BCUT2D eigenvalue weighted by Crippen LogP contribution is 2.25. The molecule has 1 aromatic rings. The fraction of sp³-hybridized carbons (Fsp3) is 0.600. The number of nitro benzene ring substituents is 1. The van der Waals surface area contributed by atoms with E-state index in [1.165, 1.54) is 12.5 Å². The molecule has 1 aliphatic carbocycles. The lowest BCUT2D eigenvalue weighted by Crippen LogP contribution is -2.48. The number of likely N-dealkylation sites (tertiary alicyclic amines) is 1. The predicted octanol–water partition coefficient (Wildman–Crippen LogP) is 3.20. The normalized spacial score (nSPS) is 18.9. The number of hydrogen-bond acceptors (Lipinski definition) is 4. The number of rotatable bonds is 4. The molecular formula is C20H27N3O4. The molecule has 0 spiro atoms. The Balaban J connectivity index is 1.56. The monoisotopic (exact) mass is 373 g/mol. The van der Waals surface area contributed by atoms with Gasteiger partial charge in [0, 0.05) is 42.2 Å². The third kappa shape index (κ3) is 4.46. The minimum absolute atomic E-state index is 0.0320. The van der Waals surface area contributed by atoms with E-state index in [4.69, 9.17) is 0 Å². The predicted molar refractivity (Wildman–Crippen MR) is 101 cm³/mol. The number of nitro groups is 1. The molecule has 146 valence electrons. The Labute approximate surface area is 159 Å². The van der Waals surface area contributed by atoms with E-state index in [-0.39, 0.29) is 29.5 Å². The minimum atomic E-state index is -0.459. The molecule has 1 aliphatic heterocycles. The molecule has 0 aromatic heterocycles. The highest BCUT2D eigenvalue weighted by atomic mass is 16.6. The number of piperidine rings is 1. The maximum Gasteiger partial charge on any atom is 0.273 e. The largest absolute Gasteiger partial charge is 0.353 e. The van der Waals surface area contributed by atoms with Gasteiger partial charge in [0.1, 0.15) is 0 Å². The lowest BCUT2D eigenvalue weighted by atomic mass is 9.88. The number of carbonyl (C=O) groups excluding carboxylic acids is 2. The number of amides is 2. The van der Waals surface area contributed by atoms with Crippen molar-refractivity contribution in [3.05, 3.63) is 39.4 Å². The first kappa shape index (κ1) is 19.3. The van der Waals surface area contributed by atoms with Crippen molar-refractivity contribution in [2.45, 2.75) is 57.9 Å². The van der Waals surface area contributed by atoms with Crippen LogP contribution in [-0.4, -0.2) is 40.8 Å². The van der Waals surface area contributed by atoms with Gasteiger partial charge in [-0.1, -0.05) is 25.3 Å². The van der Waals surface area contributed by atoms with Crippen molar-refractivity contribution in [1.29, 1.82) is 0 Å². The fourth-order valence-corrected chi connectivity index (χ4v) is 4.13. The van der Waals surface area contributed by atoms with Crippen LogP contribution in [0.2, 0.25) is 0 Å². The number of benzene rings is 1. The second-order valence-electron chi connectivity index (χ2n) is 7.62. The van der Waals surface area contributed by atoms with Gasteiger partial charge in [-0.05, 0) is 38.7 Å². The van der Waals surface area contributed by atoms with E-state index in [0.29, 0.717) is 24.2 Å². The van der Waals surface area contributed by atoms with Crippen molar-refractivity contribution < 1.29 is 14.5 Å². The lowest BCUT2D eigenvalue weighted by Gasteiger charge is -2.33. The zero-order chi connectivity index (χ0) is 19.4. The van der Waals surface area contributed by atoms with Crippen molar-refractivity contribution in [1.82, 2.24) is 10.2 Å². The average Bonchev–Trinajstić information content (AvgIpc) is 2.68. The maximum atomic E-state index is 12.8. The fourth-order valence-electron chi connectivity index (χ4n) is 4.13. The highest BCUT2D eigenvalue weighted by molar-refractivity contribution is 5.96. The van der Waals surface area contributed by atoms with Crippen molar-refractivity contribution in [3.8, 4) is 0 Å². The molecule has 0 bridgehead atoms. The SMILES string of the molecule is Cc1c(C(=O)N2CCC(NC(=O)C3CCCCC3)CC2)cccc1[N+](=O)[O-]. The van der Waals surface area contributed by atoms with E-state index in [2.05, 4.69) is 5.32 Å². The van der Waals surface area contributed by atoms with Crippen molar-refractivity contribution in [3.63, 3.8) is 0 Å². The van der Waals surface area contributed by atoms with Gasteiger partial charge in [-0.15, -0.1) is 0 Å². The number of hydrogen-bond donors (Lipinski definition) is 1. The van der Waals surface area contributed by atoms with E-state index in [9.17, 15) is 19.7 Å². The quantitative estimate of drug-likeness (QED) is 0.648. The molecule has 1 N–H and O–H groups in total. The van der Waals surface area contributed by atoms with Crippen LogP contribution in [0.4, 0.5) is 5.69 Å². The molecule has 1 heterocycles. The zero-order valence-electron chi connectivity index (χ0n) is 15.8. The Kier molecular flexibility index (Phi) is 6.08. The Morgan fingerprint density at radius 2 is 1.78 bits per heavy atom. The van der Waals surface area contributed by atoms with Crippen LogP contribution in [-0.2, 0) is 4.79 Å². The van der Waals surface area contributed by atoms with E-state index in [1.54, 1.807) is 24.0 Å². The molecule has 7 heteroatoms. The molecule has 2 aliphatic rings. The molecule has 1 saturated heterocycles. The topological polar surface area (TPSA) is 92.6 Å². The molecule has 2 amide bonds. The van der Waals surface area contributed by atoms with Crippen LogP contribution >= 0.6 is 0 Å². The van der Waals surface area contributed by atoms with Crippen molar-refractivity contribution >= 4 is 17.5 Å². The Bertz CT molecular complexity index is 720. The summed E-state index contributed by atoms with van der Waals surface area (Å²) in [4.78, 5) is 37.5. The standard InChI is InChI=1S/C20H27N3O4/c1-14-17(8-5-9-18(14)23(26)27)20(25)22-12-10-16(11-13-22)21-19(24)15-6-3-2-4-7-15/h5,8-9,15-16H,2-4,6-7,10-13H2,1H3,(H,21,24). The van der Waals surface area contributed by atoms with Gasteiger partial charge in [-0.2, -0.15) is 0 Å². The molecular weight excluding hydrogens is 346 g/mol. The van der Waals surface area contributed by atoms with Crippen LogP contribution in [0.3, 0.4) is 0 Å². The van der Waals surface area contributed by atoms with E-state index in [0.717, 1.165) is 38.5 Å². The van der Waals surface area contributed by atoms with Gasteiger partial charge in [-0.3, -0.25) is 19.7 Å². The van der Waals surface area contributed by atoms with Crippen LogP contribution in [0.1, 0.15) is 60.9 Å². The molecule has 2 fully saturated rings. The summed E-state index contributed by atoms with van der Waals surface area (Å²) in [5, 5.41) is 14.2. The van der Waals surface area contributed by atoms with Crippen molar-refractivity contribution in [2.24, 2.45) is 5.92 Å². The van der Waals surface area contributed by atoms with Gasteiger partial charge in [0.25, 0.3) is 11.6 Å². The lowest BCUT2D eigenvalue weighted by molar-refractivity contribution is -0.385. The van der Waals surface area contributed by atoms with Gasteiger partial charge < -0.3 is 10.2 Å². The highest BCUT2D eigenvalue weighted by Gasteiger charge is 2.29. The summed E-state index contributed by atoms with van der Waals surface area (Å²) in [7, 11) is 0. The zero-order valence-corrected chi connectivity index (χ0v) is 15.8. The van der Waals surface area contributed by atoms with Gasteiger partial charge >= 0.3 is 0 Å². The summed E-state index contributed by atoms with van der Waals surface area (Å²) in [6, 6.07) is 4.71. The summed E-state index contributed by atoms with van der Waals surface area (Å²) in [6.45, 7) is 2.72. The van der Waals surface area contributed by atoms with Crippen LogP contribution in [0.15, 0.2) is 18.2 Å². The molecule has 0 atom stereocenters. The summed E-state index contributed by atoms with van der Waals surface area (Å²) in [5.74, 6) is 0.133. The number of nitrogens with one attached hydrogen (secondary N) is 1. The summed E-state index contributed by atoms with van der Waals surface area (Å²) >= 11 is 0. The molecule has 1 aromatic carbocycles. The third-order valence-corrected chi connectivity index (χ3v) is 5.84. The van der Waals surface area contributed by atoms with Crippen LogP contribution in [0.25, 0.3) is 0 Å². The van der Waals surface area contributed by atoms with E-state index in [1.807, 2.05) is 0 Å². The van der Waals surface area contributed by atoms with E-state index < -0.39 is 4.92 Å². The first-order valence-electron chi connectivity index (χ1n) is 9.81. The maximum absolute atomic E-state index is 12.8. The Morgan fingerprint density at radius 1 is 1.11 bits per heavy atom. The van der Waals surface area contributed by atoms with Gasteiger partial charge in [0.15, 0.2) is 0 Å². The van der Waals surface area contributed by atoms with Crippen LogP contribution in [0.5, 0.6) is 0 Å². The van der Waals surface area contributed by atoms with Gasteiger partial charge in [-0.25, -0.2) is 0 Å². The first-order chi connectivity index (χ1) is 13.0. The number of carbonyl (C=O) groups is 2.